The number of nitrogens with zero attached hydrogens (tertiary/aromatic N) is 4. The maximum absolute atomic E-state index is 13.6. The molecule has 1 aromatic heterocycles. The van der Waals surface area contributed by atoms with E-state index in [-0.39, 0.29) is 32.5 Å². The minimum absolute atomic E-state index is 0.103. The van der Waals surface area contributed by atoms with Gasteiger partial charge in [-0.3, -0.25) is 28.8 Å². The van der Waals surface area contributed by atoms with Gasteiger partial charge in [0.05, 0.1) is 18.8 Å². The molecule has 3 heterocycles. The molecule has 5 N–H and O–H groups in total. The van der Waals surface area contributed by atoms with E-state index in [9.17, 15) is 28.8 Å². The highest BCUT2D eigenvalue weighted by Crippen LogP contribution is 2.18. The highest BCUT2D eigenvalue weighted by Gasteiger charge is 2.36. The minimum atomic E-state index is -1.18. The molecule has 2 aliphatic heterocycles. The van der Waals surface area contributed by atoms with Gasteiger partial charge in [-0.2, -0.15) is 0 Å². The number of carbonyl (C=O) groups excluding carboxylic acids is 6. The summed E-state index contributed by atoms with van der Waals surface area (Å²) in [7, 11) is 1.43. The largest absolute Gasteiger partial charge is 0.358 e. The Kier molecular flexibility index (Phi) is 9.60. The molecule has 0 saturated carbocycles. The summed E-state index contributed by atoms with van der Waals surface area (Å²) in [4.78, 5) is 78.5. The summed E-state index contributed by atoms with van der Waals surface area (Å²) in [6, 6.07) is 5.97. The molecule has 218 valence electrons. The van der Waals surface area contributed by atoms with Crippen molar-refractivity contribution in [1.29, 1.82) is 0 Å². The van der Waals surface area contributed by atoms with Gasteiger partial charge in [0.1, 0.15) is 24.7 Å². The summed E-state index contributed by atoms with van der Waals surface area (Å²) in [6.45, 7) is -0.512. The number of fused-ring (bicyclic) bond motifs is 3. The second kappa shape index (κ2) is 13.5. The van der Waals surface area contributed by atoms with Gasteiger partial charge in [0, 0.05) is 32.6 Å². The van der Waals surface area contributed by atoms with Gasteiger partial charge >= 0.3 is 0 Å². The Morgan fingerprint density at radius 1 is 1.07 bits per heavy atom. The number of nitrogens with one attached hydrogen (secondary N) is 5. The maximum Gasteiger partial charge on any atom is 0.243 e. The molecule has 3 atom stereocenters. The lowest BCUT2D eigenvalue weighted by Gasteiger charge is -2.27. The summed E-state index contributed by atoms with van der Waals surface area (Å²) in [6.07, 6.45) is 2.45. The SMILES string of the molecule is CNC(=O)CNC(=O)C1Cc2cn(nn2)CC(=O)NCC(=O)N2CCCC2C(=O)NC(Cc2ccccc2)C(=O)N1. The topological polar surface area (TPSA) is 197 Å². The van der Waals surface area contributed by atoms with Crippen LogP contribution in [0.15, 0.2) is 36.5 Å². The predicted molar refractivity (Wildman–Crippen MR) is 143 cm³/mol. The van der Waals surface area contributed by atoms with Gasteiger partial charge in [-0.05, 0) is 18.4 Å². The molecule has 6 amide bonds. The quantitative estimate of drug-likeness (QED) is 0.252. The molecule has 2 aromatic rings. The lowest BCUT2D eigenvalue weighted by molar-refractivity contribution is -0.140. The Morgan fingerprint density at radius 2 is 1.85 bits per heavy atom. The van der Waals surface area contributed by atoms with E-state index in [4.69, 9.17) is 0 Å². The van der Waals surface area contributed by atoms with Crippen molar-refractivity contribution in [2.24, 2.45) is 0 Å². The van der Waals surface area contributed by atoms with Crippen molar-refractivity contribution in [2.75, 3.05) is 26.7 Å². The van der Waals surface area contributed by atoms with Crippen LogP contribution < -0.4 is 26.6 Å². The molecule has 1 fully saturated rings. The number of benzene rings is 1. The summed E-state index contributed by atoms with van der Waals surface area (Å²) in [5.74, 6) is -3.14. The van der Waals surface area contributed by atoms with Crippen molar-refractivity contribution >= 4 is 35.4 Å². The molecular weight excluding hydrogens is 534 g/mol. The second-order valence-electron chi connectivity index (χ2n) is 9.84. The van der Waals surface area contributed by atoms with Gasteiger partial charge in [-0.25, -0.2) is 4.68 Å². The predicted octanol–water partition coefficient (Wildman–Crippen LogP) is -2.98. The number of amides is 6. The highest BCUT2D eigenvalue weighted by atomic mass is 16.2. The summed E-state index contributed by atoms with van der Waals surface area (Å²) < 4.78 is 1.25. The zero-order valence-electron chi connectivity index (χ0n) is 22.6. The molecule has 0 radical (unpaired) electrons. The van der Waals surface area contributed by atoms with Gasteiger partial charge in [-0.1, -0.05) is 35.5 Å². The van der Waals surface area contributed by atoms with E-state index >= 15 is 0 Å². The molecule has 0 aliphatic carbocycles. The van der Waals surface area contributed by atoms with Crippen LogP contribution in [0, 0.1) is 0 Å². The van der Waals surface area contributed by atoms with Gasteiger partial charge in [0.2, 0.25) is 35.4 Å². The van der Waals surface area contributed by atoms with Crippen LogP contribution in [0.2, 0.25) is 0 Å². The molecule has 15 nitrogen and oxygen atoms in total. The maximum atomic E-state index is 13.6. The second-order valence-corrected chi connectivity index (χ2v) is 9.84. The normalized spacial score (nSPS) is 22.1. The molecule has 1 aromatic carbocycles. The van der Waals surface area contributed by atoms with E-state index in [1.165, 1.54) is 22.8 Å². The van der Waals surface area contributed by atoms with E-state index < -0.39 is 53.6 Å². The van der Waals surface area contributed by atoms with Gasteiger partial charge in [-0.15, -0.1) is 5.10 Å². The minimum Gasteiger partial charge on any atom is -0.358 e. The zero-order valence-corrected chi connectivity index (χ0v) is 22.6. The first-order valence-electron chi connectivity index (χ1n) is 13.3. The first-order valence-corrected chi connectivity index (χ1v) is 13.3. The molecule has 0 spiro atoms. The van der Waals surface area contributed by atoms with Crippen LogP contribution in [-0.4, -0.2) is 100 Å². The lowest BCUT2D eigenvalue weighted by atomic mass is 10.0. The molecule has 15 heteroatoms. The number of rotatable bonds is 5. The van der Waals surface area contributed by atoms with Crippen LogP contribution >= 0.6 is 0 Å². The van der Waals surface area contributed by atoms with E-state index in [0.717, 1.165) is 5.56 Å². The Balaban J connectivity index is 1.64. The van der Waals surface area contributed by atoms with E-state index in [0.29, 0.717) is 25.1 Å². The number of likely N-dealkylation sites (N-methyl/N-ethyl adjacent to an activating group) is 1. The molecule has 2 aliphatic rings. The lowest BCUT2D eigenvalue weighted by Crippen LogP contribution is -2.58. The summed E-state index contributed by atoms with van der Waals surface area (Å²) >= 11 is 0. The number of hydrogen-bond donors (Lipinski definition) is 5. The van der Waals surface area contributed by atoms with Crippen LogP contribution in [0.25, 0.3) is 0 Å². The van der Waals surface area contributed by atoms with Gasteiger partial charge < -0.3 is 31.5 Å². The van der Waals surface area contributed by atoms with Crippen molar-refractivity contribution < 1.29 is 28.8 Å². The van der Waals surface area contributed by atoms with Gasteiger partial charge in [0.25, 0.3) is 0 Å². The average Bonchev–Trinajstić information content (AvgIpc) is 3.63. The zero-order chi connectivity index (χ0) is 29.4. The monoisotopic (exact) mass is 567 g/mol. The highest BCUT2D eigenvalue weighted by molar-refractivity contribution is 5.96. The molecule has 3 unspecified atom stereocenters. The summed E-state index contributed by atoms with van der Waals surface area (Å²) in [5, 5.41) is 20.8. The van der Waals surface area contributed by atoms with Crippen LogP contribution in [-0.2, 0) is 48.2 Å². The third-order valence-electron chi connectivity index (χ3n) is 6.87. The molecule has 2 bridgehead atoms. The number of aromatic nitrogens is 3. The number of carbonyl (C=O) groups is 6. The fourth-order valence-electron chi connectivity index (χ4n) is 4.72. The first-order chi connectivity index (χ1) is 19.7. The fourth-order valence-corrected chi connectivity index (χ4v) is 4.72. The molecule has 4 rings (SSSR count). The van der Waals surface area contributed by atoms with Crippen LogP contribution in [0.5, 0.6) is 0 Å². The van der Waals surface area contributed by atoms with E-state index in [2.05, 4.69) is 36.9 Å². The van der Waals surface area contributed by atoms with E-state index in [1.807, 2.05) is 18.2 Å². The van der Waals surface area contributed by atoms with Crippen LogP contribution in [0.4, 0.5) is 0 Å². The van der Waals surface area contributed by atoms with Crippen LogP contribution in [0.3, 0.4) is 0 Å². The van der Waals surface area contributed by atoms with Crippen molar-refractivity contribution in [3.63, 3.8) is 0 Å². The number of hydrogen-bond acceptors (Lipinski definition) is 8. The summed E-state index contributed by atoms with van der Waals surface area (Å²) in [5.41, 5.74) is 1.06. The molecule has 1 saturated heterocycles. The Morgan fingerprint density at radius 3 is 2.61 bits per heavy atom. The van der Waals surface area contributed by atoms with Crippen molar-refractivity contribution in [2.45, 2.75) is 50.4 Å². The van der Waals surface area contributed by atoms with Gasteiger partial charge in [0.15, 0.2) is 0 Å². The van der Waals surface area contributed by atoms with Crippen molar-refractivity contribution in [3.05, 3.63) is 47.8 Å². The third-order valence-corrected chi connectivity index (χ3v) is 6.87. The van der Waals surface area contributed by atoms with Crippen LogP contribution in [0.1, 0.15) is 24.1 Å². The van der Waals surface area contributed by atoms with Crippen molar-refractivity contribution in [1.82, 2.24) is 46.5 Å². The smallest absolute Gasteiger partial charge is 0.243 e. The molecule has 41 heavy (non-hydrogen) atoms. The fraction of sp³-hybridized carbons (Fsp3) is 0.462. The Bertz CT molecular complexity index is 1300. The third kappa shape index (κ3) is 7.86. The molecular formula is C26H33N9O6. The van der Waals surface area contributed by atoms with E-state index in [1.54, 1.807) is 12.1 Å². The Labute approximate surface area is 235 Å². The average molecular weight is 568 g/mol. The standard InChI is InChI=1S/C26H33N9O6/c1-27-21(36)12-29-24(39)19-11-17-14-34(33-32-17)15-22(37)28-13-23(38)35-9-5-8-20(35)26(41)31-18(25(40)30-19)10-16-6-3-2-4-7-16/h2-4,6-7,14,18-20H,5,8-13,15H2,1H3,(H,27,36)(H,28,37)(H,29,39)(H,30,40)(H,31,41). The van der Waals surface area contributed by atoms with Crippen molar-refractivity contribution in [3.8, 4) is 0 Å². The first kappa shape index (κ1) is 29.2. The Hall–Kier alpha value is -4.82.